The summed E-state index contributed by atoms with van der Waals surface area (Å²) in [4.78, 5) is 4.00. The van der Waals surface area contributed by atoms with E-state index in [-0.39, 0.29) is 6.54 Å². The summed E-state index contributed by atoms with van der Waals surface area (Å²) < 4.78 is 37.8. The molecule has 1 aromatic heterocycles. The maximum Gasteiger partial charge on any atom is 0.390 e. The maximum atomic E-state index is 12.0. The summed E-state index contributed by atoms with van der Waals surface area (Å²) in [5, 5.41) is 2.68. The Kier molecular flexibility index (Phi) is 3.55. The molecule has 2 aromatic rings. The van der Waals surface area contributed by atoms with Gasteiger partial charge in [0.25, 0.3) is 0 Å². The van der Waals surface area contributed by atoms with Crippen LogP contribution in [0.1, 0.15) is 6.42 Å². The van der Waals surface area contributed by atoms with Crippen molar-refractivity contribution in [3.8, 4) is 5.69 Å². The molecular formula is C12H12F3N3. The van der Waals surface area contributed by atoms with Crippen molar-refractivity contribution in [2.75, 3.05) is 11.9 Å². The monoisotopic (exact) mass is 255 g/mol. The molecule has 1 N–H and O–H groups in total. The van der Waals surface area contributed by atoms with E-state index in [1.807, 2.05) is 30.3 Å². The van der Waals surface area contributed by atoms with Crippen molar-refractivity contribution in [1.29, 1.82) is 0 Å². The summed E-state index contributed by atoms with van der Waals surface area (Å²) in [6.07, 6.45) is -1.79. The van der Waals surface area contributed by atoms with Crippen LogP contribution in [0.4, 0.5) is 19.1 Å². The van der Waals surface area contributed by atoms with Crippen LogP contribution < -0.4 is 5.32 Å². The lowest BCUT2D eigenvalue weighted by Gasteiger charge is -2.10. The maximum absolute atomic E-state index is 12.0. The Morgan fingerprint density at radius 2 is 1.89 bits per heavy atom. The molecule has 0 fully saturated rings. The Balaban J connectivity index is 2.05. The minimum absolute atomic E-state index is 0.187. The zero-order chi connectivity index (χ0) is 13.0. The Morgan fingerprint density at radius 3 is 2.56 bits per heavy atom. The Hall–Kier alpha value is -1.98. The van der Waals surface area contributed by atoms with E-state index in [0.29, 0.717) is 5.95 Å². The van der Waals surface area contributed by atoms with Gasteiger partial charge in [-0.3, -0.25) is 4.57 Å². The van der Waals surface area contributed by atoms with E-state index in [0.717, 1.165) is 5.69 Å². The van der Waals surface area contributed by atoms with Crippen LogP contribution in [-0.2, 0) is 0 Å². The molecule has 0 spiro atoms. The van der Waals surface area contributed by atoms with Crippen LogP contribution >= 0.6 is 0 Å². The van der Waals surface area contributed by atoms with Crippen molar-refractivity contribution in [1.82, 2.24) is 9.55 Å². The van der Waals surface area contributed by atoms with Crippen LogP contribution in [0.15, 0.2) is 42.7 Å². The number of halogens is 3. The molecule has 3 nitrogen and oxygen atoms in total. The van der Waals surface area contributed by atoms with Crippen LogP contribution in [0.25, 0.3) is 5.69 Å². The highest BCUT2D eigenvalue weighted by molar-refractivity contribution is 5.41. The number of imidazole rings is 1. The van der Waals surface area contributed by atoms with Gasteiger partial charge < -0.3 is 5.32 Å². The normalized spacial score (nSPS) is 11.5. The van der Waals surface area contributed by atoms with E-state index in [4.69, 9.17) is 0 Å². The summed E-state index contributed by atoms with van der Waals surface area (Å²) in [5.74, 6) is 0.408. The molecule has 0 unspecified atom stereocenters. The lowest BCUT2D eigenvalue weighted by atomic mass is 10.3. The van der Waals surface area contributed by atoms with Gasteiger partial charge >= 0.3 is 6.18 Å². The Morgan fingerprint density at radius 1 is 1.17 bits per heavy atom. The molecule has 0 bridgehead atoms. The van der Waals surface area contributed by atoms with Crippen molar-refractivity contribution < 1.29 is 13.2 Å². The zero-order valence-corrected chi connectivity index (χ0v) is 9.48. The quantitative estimate of drug-likeness (QED) is 0.908. The average Bonchev–Trinajstić information content (AvgIpc) is 2.77. The number of nitrogens with one attached hydrogen (secondary N) is 1. The lowest BCUT2D eigenvalue weighted by molar-refractivity contribution is -0.131. The smallest absolute Gasteiger partial charge is 0.355 e. The van der Waals surface area contributed by atoms with Gasteiger partial charge in [0.15, 0.2) is 0 Å². The van der Waals surface area contributed by atoms with Crippen molar-refractivity contribution in [2.24, 2.45) is 0 Å². The first-order valence-electron chi connectivity index (χ1n) is 5.46. The standard InChI is InChI=1S/C12H12F3N3/c13-12(14,15)6-7-16-11-17-8-9-18(11)10-4-2-1-3-5-10/h1-5,8-9H,6-7H2,(H,16,17). The third-order valence-corrected chi connectivity index (χ3v) is 2.37. The summed E-state index contributed by atoms with van der Waals surface area (Å²) >= 11 is 0. The molecule has 2 rings (SSSR count). The summed E-state index contributed by atoms with van der Waals surface area (Å²) in [6, 6.07) is 9.30. The third-order valence-electron chi connectivity index (χ3n) is 2.37. The highest BCUT2D eigenvalue weighted by Crippen LogP contribution is 2.20. The Bertz CT molecular complexity index is 491. The molecular weight excluding hydrogens is 243 g/mol. The fourth-order valence-electron chi connectivity index (χ4n) is 1.55. The third kappa shape index (κ3) is 3.26. The van der Waals surface area contributed by atoms with Crippen molar-refractivity contribution >= 4 is 5.95 Å². The average molecular weight is 255 g/mol. The van der Waals surface area contributed by atoms with Crippen LogP contribution in [0.3, 0.4) is 0 Å². The second-order valence-electron chi connectivity index (χ2n) is 3.75. The number of nitrogens with zero attached hydrogens (tertiary/aromatic N) is 2. The lowest BCUT2D eigenvalue weighted by Crippen LogP contribution is -2.16. The van der Waals surface area contributed by atoms with E-state index < -0.39 is 12.6 Å². The predicted molar refractivity (Wildman–Crippen MR) is 62.7 cm³/mol. The molecule has 96 valence electrons. The molecule has 18 heavy (non-hydrogen) atoms. The molecule has 0 atom stereocenters. The van der Waals surface area contributed by atoms with Gasteiger partial charge in [0.1, 0.15) is 0 Å². The van der Waals surface area contributed by atoms with Crippen LogP contribution in [0.5, 0.6) is 0 Å². The minimum Gasteiger partial charge on any atom is -0.355 e. The number of hydrogen-bond acceptors (Lipinski definition) is 2. The fourth-order valence-corrected chi connectivity index (χ4v) is 1.55. The molecule has 0 amide bonds. The SMILES string of the molecule is FC(F)(F)CCNc1nccn1-c1ccccc1. The van der Waals surface area contributed by atoms with E-state index in [9.17, 15) is 13.2 Å². The number of para-hydroxylation sites is 1. The second kappa shape index (κ2) is 5.12. The number of hydrogen-bond donors (Lipinski definition) is 1. The van der Waals surface area contributed by atoms with Gasteiger partial charge in [-0.15, -0.1) is 0 Å². The van der Waals surface area contributed by atoms with E-state index >= 15 is 0 Å². The molecule has 1 aromatic carbocycles. The zero-order valence-electron chi connectivity index (χ0n) is 9.48. The van der Waals surface area contributed by atoms with Gasteiger partial charge in [-0.05, 0) is 12.1 Å². The summed E-state index contributed by atoms with van der Waals surface area (Å²) in [6.45, 7) is -0.187. The number of rotatable bonds is 4. The van der Waals surface area contributed by atoms with E-state index in [2.05, 4.69) is 10.3 Å². The molecule has 0 saturated heterocycles. The molecule has 0 aliphatic heterocycles. The first kappa shape index (κ1) is 12.5. The van der Waals surface area contributed by atoms with Crippen LogP contribution in [0.2, 0.25) is 0 Å². The molecule has 0 aliphatic carbocycles. The van der Waals surface area contributed by atoms with Gasteiger partial charge in [0.2, 0.25) is 5.95 Å². The van der Waals surface area contributed by atoms with E-state index in [1.165, 1.54) is 0 Å². The van der Waals surface area contributed by atoms with E-state index in [1.54, 1.807) is 17.0 Å². The van der Waals surface area contributed by atoms with Crippen LogP contribution in [0, 0.1) is 0 Å². The van der Waals surface area contributed by atoms with Gasteiger partial charge in [0, 0.05) is 24.6 Å². The van der Waals surface area contributed by atoms with Gasteiger partial charge in [0.05, 0.1) is 6.42 Å². The van der Waals surface area contributed by atoms with Crippen molar-refractivity contribution in [2.45, 2.75) is 12.6 Å². The fraction of sp³-hybridized carbons (Fsp3) is 0.250. The summed E-state index contributed by atoms with van der Waals surface area (Å²) in [7, 11) is 0. The molecule has 0 aliphatic rings. The van der Waals surface area contributed by atoms with Gasteiger partial charge in [-0.25, -0.2) is 4.98 Å². The van der Waals surface area contributed by atoms with Gasteiger partial charge in [-0.2, -0.15) is 13.2 Å². The number of benzene rings is 1. The molecule has 0 saturated carbocycles. The highest BCUT2D eigenvalue weighted by atomic mass is 19.4. The highest BCUT2D eigenvalue weighted by Gasteiger charge is 2.26. The number of alkyl halides is 3. The van der Waals surface area contributed by atoms with Crippen molar-refractivity contribution in [3.05, 3.63) is 42.7 Å². The second-order valence-corrected chi connectivity index (χ2v) is 3.75. The number of aromatic nitrogens is 2. The topological polar surface area (TPSA) is 29.9 Å². The minimum atomic E-state index is -4.16. The largest absolute Gasteiger partial charge is 0.390 e. The molecule has 6 heteroatoms. The van der Waals surface area contributed by atoms with Gasteiger partial charge in [-0.1, -0.05) is 18.2 Å². The molecule has 1 heterocycles. The summed E-state index contributed by atoms with van der Waals surface area (Å²) in [5.41, 5.74) is 0.851. The first-order chi connectivity index (χ1) is 8.56. The van der Waals surface area contributed by atoms with Crippen LogP contribution in [-0.4, -0.2) is 22.3 Å². The molecule has 0 radical (unpaired) electrons. The van der Waals surface area contributed by atoms with Crippen molar-refractivity contribution in [3.63, 3.8) is 0 Å². The predicted octanol–water partition coefficient (Wildman–Crippen LogP) is 3.24. The number of anilines is 1. The first-order valence-corrected chi connectivity index (χ1v) is 5.46. The Labute approximate surface area is 102 Å².